The molecule has 0 radical (unpaired) electrons. The van der Waals surface area contributed by atoms with Gasteiger partial charge in [0.1, 0.15) is 0 Å². The van der Waals surface area contributed by atoms with E-state index in [1.54, 1.807) is 12.1 Å². The topological polar surface area (TPSA) is 122 Å². The zero-order chi connectivity index (χ0) is 24.1. The number of sulfonamides is 1. The number of rotatable bonds is 8. The van der Waals surface area contributed by atoms with Gasteiger partial charge in [-0.05, 0) is 57.3 Å². The van der Waals surface area contributed by atoms with Gasteiger partial charge in [0.25, 0.3) is 21.6 Å². The van der Waals surface area contributed by atoms with Crippen LogP contribution in [0.25, 0.3) is 0 Å². The Labute approximate surface area is 194 Å². The number of non-ortho nitro benzene ring substituents is 1. The van der Waals surface area contributed by atoms with E-state index in [1.165, 1.54) is 43.2 Å². The van der Waals surface area contributed by atoms with Gasteiger partial charge in [-0.15, -0.1) is 0 Å². The second kappa shape index (κ2) is 10.3. The lowest BCUT2D eigenvalue weighted by atomic mass is 9.88. The number of amides is 1. The number of carbonyl (C=O) groups is 1. The fourth-order valence-corrected chi connectivity index (χ4v) is 5.28. The van der Waals surface area contributed by atoms with Crippen LogP contribution in [0.3, 0.4) is 0 Å². The Hall–Kier alpha value is -2.98. The Bertz CT molecular complexity index is 1090. The molecule has 9 nitrogen and oxygen atoms in total. The first kappa shape index (κ1) is 24.7. The van der Waals surface area contributed by atoms with E-state index in [-0.39, 0.29) is 27.7 Å². The van der Waals surface area contributed by atoms with Gasteiger partial charge >= 0.3 is 0 Å². The maximum Gasteiger partial charge on any atom is 0.270 e. The third kappa shape index (κ3) is 6.08. The molecule has 0 aliphatic heterocycles. The molecule has 1 fully saturated rings. The van der Waals surface area contributed by atoms with E-state index in [1.807, 2.05) is 0 Å². The second-order valence-corrected chi connectivity index (χ2v) is 10.3. The van der Waals surface area contributed by atoms with E-state index in [0.717, 1.165) is 31.7 Å². The van der Waals surface area contributed by atoms with Crippen LogP contribution < -0.4 is 10.0 Å². The molecule has 1 aliphatic carbocycles. The Morgan fingerprint density at radius 3 is 2.27 bits per heavy atom. The van der Waals surface area contributed by atoms with Gasteiger partial charge in [-0.1, -0.05) is 31.7 Å². The largest absolute Gasteiger partial charge is 0.350 e. The molecule has 33 heavy (non-hydrogen) atoms. The molecule has 1 amide bonds. The van der Waals surface area contributed by atoms with E-state index >= 15 is 0 Å². The van der Waals surface area contributed by atoms with Crippen LogP contribution in [-0.4, -0.2) is 50.3 Å². The number of nitrogens with one attached hydrogen (secondary N) is 2. The number of benzene rings is 2. The summed E-state index contributed by atoms with van der Waals surface area (Å²) < 4.78 is 27.6. The molecule has 0 spiro atoms. The summed E-state index contributed by atoms with van der Waals surface area (Å²) in [6.07, 6.45) is 6.81. The number of hydrogen-bond donors (Lipinski definition) is 2. The zero-order valence-corrected chi connectivity index (χ0v) is 19.7. The number of nitrogens with zero attached hydrogens (tertiary/aromatic N) is 2. The zero-order valence-electron chi connectivity index (χ0n) is 18.9. The Balaban J connectivity index is 1.66. The fourth-order valence-electron chi connectivity index (χ4n) is 4.18. The smallest absolute Gasteiger partial charge is 0.270 e. The van der Waals surface area contributed by atoms with Crippen LogP contribution in [-0.2, 0) is 10.0 Å². The van der Waals surface area contributed by atoms with Crippen LogP contribution in [0.4, 0.5) is 11.4 Å². The van der Waals surface area contributed by atoms with E-state index in [0.29, 0.717) is 12.1 Å². The number of carbonyl (C=O) groups excluding carboxylic acids is 1. The average molecular weight is 475 g/mol. The van der Waals surface area contributed by atoms with Gasteiger partial charge in [-0.2, -0.15) is 0 Å². The van der Waals surface area contributed by atoms with E-state index in [9.17, 15) is 23.3 Å². The predicted molar refractivity (Wildman–Crippen MR) is 127 cm³/mol. The predicted octanol–water partition coefficient (Wildman–Crippen LogP) is 3.78. The molecule has 3 rings (SSSR count). The minimum absolute atomic E-state index is 0.0555. The van der Waals surface area contributed by atoms with Gasteiger partial charge in [-0.3, -0.25) is 19.6 Å². The molecule has 0 atom stereocenters. The van der Waals surface area contributed by atoms with Gasteiger partial charge in [-0.25, -0.2) is 8.42 Å². The molecule has 1 saturated carbocycles. The van der Waals surface area contributed by atoms with Gasteiger partial charge in [0.05, 0.1) is 9.82 Å². The van der Waals surface area contributed by atoms with Crippen molar-refractivity contribution in [2.45, 2.75) is 49.0 Å². The number of nitro groups is 1. The van der Waals surface area contributed by atoms with Gasteiger partial charge < -0.3 is 10.2 Å². The summed E-state index contributed by atoms with van der Waals surface area (Å²) in [6, 6.07) is 10.9. The maximum atomic E-state index is 12.7. The van der Waals surface area contributed by atoms with Crippen LogP contribution in [0, 0.1) is 10.1 Å². The first-order valence-electron chi connectivity index (χ1n) is 11.0. The lowest BCUT2D eigenvalue weighted by molar-refractivity contribution is -0.385. The highest BCUT2D eigenvalue weighted by atomic mass is 32.2. The normalized spacial score (nSPS) is 16.1. The summed E-state index contributed by atoms with van der Waals surface area (Å²) in [5.41, 5.74) is 0.316. The van der Waals surface area contributed by atoms with Crippen molar-refractivity contribution < 1.29 is 18.1 Å². The van der Waals surface area contributed by atoms with E-state index in [2.05, 4.69) is 29.0 Å². The van der Waals surface area contributed by atoms with Crippen molar-refractivity contribution in [3.05, 3.63) is 64.2 Å². The van der Waals surface area contributed by atoms with Crippen molar-refractivity contribution in [2.24, 2.45) is 0 Å². The van der Waals surface area contributed by atoms with Crippen molar-refractivity contribution in [3.63, 3.8) is 0 Å². The Kier molecular flexibility index (Phi) is 7.70. The van der Waals surface area contributed by atoms with Gasteiger partial charge in [0.15, 0.2) is 0 Å². The SMILES string of the molecule is CN(C)C1(CNC(=O)c2ccc(NS(=O)(=O)c3cccc([N+](=O)[O-])c3)cc2)CCCCCC1. The number of nitro benzene ring substituents is 1. The van der Waals surface area contributed by atoms with Crippen molar-refractivity contribution in [3.8, 4) is 0 Å². The lowest BCUT2D eigenvalue weighted by Gasteiger charge is -2.39. The standard InChI is InChI=1S/C23H30N4O5S/c1-26(2)23(14-5-3-4-6-15-23)17-24-22(28)18-10-12-19(13-11-18)25-33(31,32)21-9-7-8-20(16-21)27(29)30/h7-13,16,25H,3-6,14-15,17H2,1-2H3,(H,24,28). The number of anilines is 1. The monoisotopic (exact) mass is 474 g/mol. The molecule has 0 aromatic heterocycles. The van der Waals surface area contributed by atoms with Crippen LogP contribution in [0.5, 0.6) is 0 Å². The number of likely N-dealkylation sites (N-methyl/N-ethyl adjacent to an activating group) is 1. The van der Waals surface area contributed by atoms with Crippen molar-refractivity contribution in [2.75, 3.05) is 25.4 Å². The summed E-state index contributed by atoms with van der Waals surface area (Å²) in [5.74, 6) is -0.214. The Morgan fingerprint density at radius 2 is 1.70 bits per heavy atom. The van der Waals surface area contributed by atoms with Crippen LogP contribution in [0.1, 0.15) is 48.9 Å². The highest BCUT2D eigenvalue weighted by Gasteiger charge is 2.33. The van der Waals surface area contributed by atoms with Crippen LogP contribution in [0.2, 0.25) is 0 Å². The molecular weight excluding hydrogens is 444 g/mol. The summed E-state index contributed by atoms with van der Waals surface area (Å²) in [7, 11) is 0.102. The maximum absolute atomic E-state index is 12.7. The molecule has 0 unspecified atom stereocenters. The first-order chi connectivity index (χ1) is 15.6. The van der Waals surface area contributed by atoms with Crippen LogP contribution >= 0.6 is 0 Å². The molecule has 1 aliphatic rings. The second-order valence-electron chi connectivity index (χ2n) is 8.65. The third-order valence-corrected chi connectivity index (χ3v) is 7.68. The fraction of sp³-hybridized carbons (Fsp3) is 0.435. The quantitative estimate of drug-likeness (QED) is 0.341. The Morgan fingerprint density at radius 1 is 1.06 bits per heavy atom. The molecule has 10 heteroatoms. The number of hydrogen-bond acceptors (Lipinski definition) is 6. The third-order valence-electron chi connectivity index (χ3n) is 6.30. The van der Waals surface area contributed by atoms with E-state index < -0.39 is 14.9 Å². The lowest BCUT2D eigenvalue weighted by Crippen LogP contribution is -2.52. The summed E-state index contributed by atoms with van der Waals surface area (Å²) >= 11 is 0. The average Bonchev–Trinajstić information content (AvgIpc) is 3.04. The highest BCUT2D eigenvalue weighted by molar-refractivity contribution is 7.92. The summed E-state index contributed by atoms with van der Waals surface area (Å²) in [5, 5.41) is 14.0. The van der Waals surface area contributed by atoms with Crippen molar-refractivity contribution >= 4 is 27.3 Å². The summed E-state index contributed by atoms with van der Waals surface area (Å²) in [6.45, 7) is 0.556. The van der Waals surface area contributed by atoms with Crippen LogP contribution in [0.15, 0.2) is 53.4 Å². The van der Waals surface area contributed by atoms with Gasteiger partial charge in [0, 0.05) is 35.5 Å². The van der Waals surface area contributed by atoms with Crippen molar-refractivity contribution in [1.82, 2.24) is 10.2 Å². The summed E-state index contributed by atoms with van der Waals surface area (Å²) in [4.78, 5) is 25.0. The minimum Gasteiger partial charge on any atom is -0.350 e. The minimum atomic E-state index is -4.01. The molecule has 178 valence electrons. The van der Waals surface area contributed by atoms with Gasteiger partial charge in [0.2, 0.25) is 0 Å². The molecule has 2 aromatic rings. The molecule has 2 N–H and O–H groups in total. The molecule has 0 saturated heterocycles. The van der Waals surface area contributed by atoms with E-state index in [4.69, 9.17) is 0 Å². The first-order valence-corrected chi connectivity index (χ1v) is 12.4. The molecular formula is C23H30N4O5S. The molecule has 0 heterocycles. The van der Waals surface area contributed by atoms with Crippen molar-refractivity contribution in [1.29, 1.82) is 0 Å². The molecule has 2 aromatic carbocycles. The highest BCUT2D eigenvalue weighted by Crippen LogP contribution is 2.30. The molecule has 0 bridgehead atoms.